The molecular weight excluding hydrogens is 375 g/mol. The van der Waals surface area contributed by atoms with Gasteiger partial charge < -0.3 is 14.5 Å². The SMILES string of the molecule is COc1ccc(-c2cnc(CCC(=O)Nc3ccc(Cl)cc3Cl)o2)cc1. The van der Waals surface area contributed by atoms with Crippen LogP contribution in [0.2, 0.25) is 10.0 Å². The van der Waals surface area contributed by atoms with Gasteiger partial charge in [0, 0.05) is 23.4 Å². The highest BCUT2D eigenvalue weighted by molar-refractivity contribution is 6.36. The monoisotopic (exact) mass is 390 g/mol. The van der Waals surface area contributed by atoms with Gasteiger partial charge >= 0.3 is 0 Å². The fourth-order valence-electron chi connectivity index (χ4n) is 2.34. The average Bonchev–Trinajstić information content (AvgIpc) is 3.11. The van der Waals surface area contributed by atoms with Crippen LogP contribution in [0.4, 0.5) is 5.69 Å². The number of rotatable bonds is 6. The number of carbonyl (C=O) groups is 1. The van der Waals surface area contributed by atoms with Gasteiger partial charge in [0.15, 0.2) is 11.7 Å². The highest BCUT2D eigenvalue weighted by Gasteiger charge is 2.11. The lowest BCUT2D eigenvalue weighted by atomic mass is 10.2. The van der Waals surface area contributed by atoms with Crippen LogP contribution in [-0.4, -0.2) is 18.0 Å². The van der Waals surface area contributed by atoms with Crippen LogP contribution in [0.1, 0.15) is 12.3 Å². The number of methoxy groups -OCH3 is 1. The predicted octanol–water partition coefficient (Wildman–Crippen LogP) is 5.23. The first-order valence-electron chi connectivity index (χ1n) is 7.89. The number of anilines is 1. The van der Waals surface area contributed by atoms with Crippen LogP contribution < -0.4 is 10.1 Å². The van der Waals surface area contributed by atoms with Crippen LogP contribution in [0.15, 0.2) is 53.1 Å². The average molecular weight is 391 g/mol. The van der Waals surface area contributed by atoms with Gasteiger partial charge in [-0.2, -0.15) is 0 Å². The molecule has 1 aromatic heterocycles. The highest BCUT2D eigenvalue weighted by atomic mass is 35.5. The molecule has 0 spiro atoms. The molecule has 0 atom stereocenters. The zero-order valence-corrected chi connectivity index (χ0v) is 15.5. The van der Waals surface area contributed by atoms with Crippen molar-refractivity contribution < 1.29 is 13.9 Å². The topological polar surface area (TPSA) is 64.4 Å². The largest absolute Gasteiger partial charge is 0.497 e. The Morgan fingerprint density at radius 3 is 2.65 bits per heavy atom. The van der Waals surface area contributed by atoms with Crippen molar-refractivity contribution in [1.82, 2.24) is 4.98 Å². The van der Waals surface area contributed by atoms with Gasteiger partial charge in [0.05, 0.1) is 24.0 Å². The van der Waals surface area contributed by atoms with Crippen molar-refractivity contribution in [2.45, 2.75) is 12.8 Å². The summed E-state index contributed by atoms with van der Waals surface area (Å²) in [5.74, 6) is 1.72. The van der Waals surface area contributed by atoms with E-state index < -0.39 is 0 Å². The van der Waals surface area contributed by atoms with Gasteiger partial charge in [-0.25, -0.2) is 4.98 Å². The van der Waals surface area contributed by atoms with E-state index in [1.165, 1.54) is 0 Å². The molecule has 0 aliphatic heterocycles. The van der Waals surface area contributed by atoms with Crippen LogP contribution in [0.3, 0.4) is 0 Å². The molecule has 26 heavy (non-hydrogen) atoms. The summed E-state index contributed by atoms with van der Waals surface area (Å²) in [6.07, 6.45) is 2.25. The third-order valence-corrected chi connectivity index (χ3v) is 4.25. The van der Waals surface area contributed by atoms with E-state index >= 15 is 0 Å². The van der Waals surface area contributed by atoms with Gasteiger partial charge in [0.1, 0.15) is 5.75 Å². The molecule has 0 aliphatic rings. The minimum absolute atomic E-state index is 0.182. The molecule has 1 N–H and O–H groups in total. The van der Waals surface area contributed by atoms with Gasteiger partial charge in [-0.3, -0.25) is 4.79 Å². The molecule has 0 bridgehead atoms. The molecule has 0 radical (unpaired) electrons. The molecule has 3 rings (SSSR count). The summed E-state index contributed by atoms with van der Waals surface area (Å²) in [6, 6.07) is 12.4. The number of benzene rings is 2. The number of carbonyl (C=O) groups excluding carboxylic acids is 1. The van der Waals surface area contributed by atoms with Gasteiger partial charge in [0.2, 0.25) is 5.91 Å². The minimum atomic E-state index is -0.182. The Kier molecular flexibility index (Phi) is 5.81. The van der Waals surface area contributed by atoms with E-state index in [0.29, 0.717) is 33.8 Å². The van der Waals surface area contributed by atoms with Crippen LogP contribution in [0.5, 0.6) is 5.75 Å². The molecule has 3 aromatic rings. The number of nitrogens with one attached hydrogen (secondary N) is 1. The summed E-state index contributed by atoms with van der Waals surface area (Å²) >= 11 is 11.9. The number of ether oxygens (including phenoxy) is 1. The van der Waals surface area contributed by atoms with E-state index in [9.17, 15) is 4.79 Å². The Bertz CT molecular complexity index is 907. The molecule has 5 nitrogen and oxygen atoms in total. The van der Waals surface area contributed by atoms with Crippen molar-refractivity contribution in [2.24, 2.45) is 0 Å². The summed E-state index contributed by atoms with van der Waals surface area (Å²) in [7, 11) is 1.61. The number of amides is 1. The van der Waals surface area contributed by atoms with Crippen molar-refractivity contribution in [3.63, 3.8) is 0 Å². The van der Waals surface area contributed by atoms with E-state index in [1.807, 2.05) is 24.3 Å². The van der Waals surface area contributed by atoms with E-state index in [-0.39, 0.29) is 12.3 Å². The lowest BCUT2D eigenvalue weighted by molar-refractivity contribution is -0.116. The Hall–Kier alpha value is -2.50. The molecule has 1 heterocycles. The zero-order valence-electron chi connectivity index (χ0n) is 14.0. The predicted molar refractivity (Wildman–Crippen MR) is 102 cm³/mol. The smallest absolute Gasteiger partial charge is 0.224 e. The van der Waals surface area contributed by atoms with Gasteiger partial charge in [-0.1, -0.05) is 23.2 Å². The van der Waals surface area contributed by atoms with Crippen LogP contribution in [0, 0.1) is 0 Å². The van der Waals surface area contributed by atoms with Crippen molar-refractivity contribution in [2.75, 3.05) is 12.4 Å². The summed E-state index contributed by atoms with van der Waals surface area (Å²) < 4.78 is 10.8. The van der Waals surface area contributed by atoms with Crippen molar-refractivity contribution in [3.05, 3.63) is 64.6 Å². The molecule has 7 heteroatoms. The number of nitrogens with zero attached hydrogens (tertiary/aromatic N) is 1. The number of aryl methyl sites for hydroxylation is 1. The van der Waals surface area contributed by atoms with E-state index in [0.717, 1.165) is 11.3 Å². The summed E-state index contributed by atoms with van der Waals surface area (Å²) in [6.45, 7) is 0. The van der Waals surface area contributed by atoms with Crippen molar-refractivity contribution >= 4 is 34.8 Å². The Morgan fingerprint density at radius 2 is 1.96 bits per heavy atom. The molecule has 2 aromatic carbocycles. The minimum Gasteiger partial charge on any atom is -0.497 e. The van der Waals surface area contributed by atoms with Crippen LogP contribution in [-0.2, 0) is 11.2 Å². The first-order chi connectivity index (χ1) is 12.5. The first-order valence-corrected chi connectivity index (χ1v) is 8.65. The maximum absolute atomic E-state index is 12.1. The standard InChI is InChI=1S/C19H16Cl2N2O3/c1-25-14-5-2-12(3-6-14)17-11-22-19(26-17)9-8-18(24)23-16-7-4-13(20)10-15(16)21/h2-7,10-11H,8-9H2,1H3,(H,23,24). The number of hydrogen-bond acceptors (Lipinski definition) is 4. The quantitative estimate of drug-likeness (QED) is 0.625. The number of hydrogen-bond donors (Lipinski definition) is 1. The van der Waals surface area contributed by atoms with Gasteiger partial charge in [-0.05, 0) is 42.5 Å². The van der Waals surface area contributed by atoms with E-state index in [1.54, 1.807) is 31.5 Å². The second-order valence-electron chi connectivity index (χ2n) is 5.52. The summed E-state index contributed by atoms with van der Waals surface area (Å²) in [5, 5.41) is 3.65. The van der Waals surface area contributed by atoms with Crippen molar-refractivity contribution in [1.29, 1.82) is 0 Å². The summed E-state index contributed by atoms with van der Waals surface area (Å²) in [5.41, 5.74) is 1.41. The molecule has 0 unspecified atom stereocenters. The Balaban J connectivity index is 1.58. The summed E-state index contributed by atoms with van der Waals surface area (Å²) in [4.78, 5) is 16.3. The fraction of sp³-hybridized carbons (Fsp3) is 0.158. The highest BCUT2D eigenvalue weighted by Crippen LogP contribution is 2.26. The lowest BCUT2D eigenvalue weighted by Gasteiger charge is -2.06. The molecule has 1 amide bonds. The maximum Gasteiger partial charge on any atom is 0.224 e. The van der Waals surface area contributed by atoms with Crippen LogP contribution in [0.25, 0.3) is 11.3 Å². The first kappa shape index (κ1) is 18.3. The Morgan fingerprint density at radius 1 is 1.19 bits per heavy atom. The number of oxazole rings is 1. The third kappa shape index (κ3) is 4.56. The fourth-order valence-corrected chi connectivity index (χ4v) is 2.79. The third-order valence-electron chi connectivity index (χ3n) is 3.70. The molecule has 0 saturated carbocycles. The Labute approximate surface area is 160 Å². The normalized spacial score (nSPS) is 10.6. The molecule has 0 fully saturated rings. The molecule has 134 valence electrons. The molecule has 0 aliphatic carbocycles. The van der Waals surface area contributed by atoms with E-state index in [4.69, 9.17) is 32.4 Å². The maximum atomic E-state index is 12.1. The molecular formula is C19H16Cl2N2O3. The van der Waals surface area contributed by atoms with Gasteiger partial charge in [0.25, 0.3) is 0 Å². The van der Waals surface area contributed by atoms with Crippen LogP contribution >= 0.6 is 23.2 Å². The van der Waals surface area contributed by atoms with Crippen molar-refractivity contribution in [3.8, 4) is 17.1 Å². The molecule has 0 saturated heterocycles. The second kappa shape index (κ2) is 8.25. The van der Waals surface area contributed by atoms with Gasteiger partial charge in [-0.15, -0.1) is 0 Å². The van der Waals surface area contributed by atoms with E-state index in [2.05, 4.69) is 10.3 Å². The number of halogens is 2. The lowest BCUT2D eigenvalue weighted by Crippen LogP contribution is -2.12. The number of aromatic nitrogens is 1. The second-order valence-corrected chi connectivity index (χ2v) is 6.36. The zero-order chi connectivity index (χ0) is 18.5.